The molecule has 2 heterocycles. The number of aromatic amines is 1. The smallest absolute Gasteiger partial charge is 0.229 e. The summed E-state index contributed by atoms with van der Waals surface area (Å²) in [6.07, 6.45) is -0.280. The highest BCUT2D eigenvalue weighted by Gasteiger charge is 2.45. The molecule has 0 radical (unpaired) electrons. The van der Waals surface area contributed by atoms with E-state index in [2.05, 4.69) is 28.4 Å². The minimum absolute atomic E-state index is 0.466. The number of rotatable bonds is 6. The van der Waals surface area contributed by atoms with Gasteiger partial charge in [0.25, 0.3) is 0 Å². The number of fused-ring (bicyclic) bond motifs is 2. The molecule has 3 aromatic rings. The molecule has 0 spiro atoms. The number of aliphatic hydroxyl groups excluding tert-OH is 4. The first kappa shape index (κ1) is 23.3. The molecule has 0 unspecified atom stereocenters. The lowest BCUT2D eigenvalue weighted by Gasteiger charge is -2.39. The van der Waals surface area contributed by atoms with E-state index in [9.17, 15) is 20.4 Å². The topological polar surface area (TPSA) is 128 Å². The summed E-state index contributed by atoms with van der Waals surface area (Å²) in [7, 11) is 0. The van der Waals surface area contributed by atoms with Crippen molar-refractivity contribution in [2.45, 2.75) is 76.2 Å². The molecule has 1 aliphatic carbocycles. The second-order valence-corrected chi connectivity index (χ2v) is 9.48. The normalized spacial score (nSPS) is 27.0. The molecule has 8 nitrogen and oxygen atoms in total. The fourth-order valence-corrected chi connectivity index (χ4v) is 5.09. The first-order valence-corrected chi connectivity index (χ1v) is 12.0. The van der Waals surface area contributed by atoms with E-state index >= 15 is 0 Å². The fraction of sp³-hybridized carbons (Fsp3) is 0.500. The Bertz CT molecular complexity index is 1160. The Balaban J connectivity index is 1.39. The lowest BCUT2D eigenvalue weighted by Crippen LogP contribution is -2.60. The number of aryl methyl sites for hydroxylation is 5. The predicted molar refractivity (Wildman–Crippen MR) is 126 cm³/mol. The second kappa shape index (κ2) is 9.64. The Morgan fingerprint density at radius 1 is 1.00 bits per heavy atom. The zero-order valence-electron chi connectivity index (χ0n) is 19.3. The summed E-state index contributed by atoms with van der Waals surface area (Å²) in [5.41, 5.74) is 6.77. The van der Waals surface area contributed by atoms with Gasteiger partial charge in [0.05, 0.1) is 17.5 Å². The van der Waals surface area contributed by atoms with Gasteiger partial charge in [-0.3, -0.25) is 5.10 Å². The first-order chi connectivity index (χ1) is 16.4. The quantitative estimate of drug-likeness (QED) is 0.373. The van der Waals surface area contributed by atoms with Gasteiger partial charge in [-0.2, -0.15) is 5.10 Å². The van der Waals surface area contributed by atoms with Gasteiger partial charge in [-0.15, -0.1) is 0 Å². The lowest BCUT2D eigenvalue weighted by atomic mass is 9.89. The van der Waals surface area contributed by atoms with Gasteiger partial charge in [0, 0.05) is 5.69 Å². The SMILES string of the molecule is Cc1cc(O[C@@H]2O[C@H](CO)[C@@H](O)[C@H](O)[C@H]2O)c2c(CCc3ccc4c(c3)CCCC4)[nH]nc2c1. The van der Waals surface area contributed by atoms with Crippen molar-refractivity contribution in [2.24, 2.45) is 0 Å². The largest absolute Gasteiger partial charge is 0.461 e. The van der Waals surface area contributed by atoms with Crippen LogP contribution in [0.5, 0.6) is 5.75 Å². The number of nitrogens with one attached hydrogen (secondary N) is 1. The van der Waals surface area contributed by atoms with Gasteiger partial charge in [0.15, 0.2) is 0 Å². The summed E-state index contributed by atoms with van der Waals surface area (Å²) in [4.78, 5) is 0. The molecule has 8 heteroatoms. The number of benzene rings is 2. The van der Waals surface area contributed by atoms with Crippen LogP contribution in [-0.4, -0.2) is 67.9 Å². The molecule has 5 atom stereocenters. The van der Waals surface area contributed by atoms with Crippen LogP contribution < -0.4 is 4.74 Å². The molecule has 1 fully saturated rings. The highest BCUT2D eigenvalue weighted by Crippen LogP contribution is 2.33. The summed E-state index contributed by atoms with van der Waals surface area (Å²) in [6.45, 7) is 1.41. The molecular weight excluding hydrogens is 436 g/mol. The maximum Gasteiger partial charge on any atom is 0.229 e. The minimum Gasteiger partial charge on any atom is -0.461 e. The van der Waals surface area contributed by atoms with E-state index in [0.717, 1.165) is 41.4 Å². The summed E-state index contributed by atoms with van der Waals surface area (Å²) in [5, 5.41) is 48.5. The van der Waals surface area contributed by atoms with Crippen molar-refractivity contribution in [3.8, 4) is 5.75 Å². The van der Waals surface area contributed by atoms with Gasteiger partial charge in [-0.1, -0.05) is 18.2 Å². The van der Waals surface area contributed by atoms with Crippen LogP contribution in [0.4, 0.5) is 0 Å². The maximum atomic E-state index is 10.4. The van der Waals surface area contributed by atoms with E-state index in [0.29, 0.717) is 5.75 Å². The molecule has 5 rings (SSSR count). The third-order valence-corrected chi connectivity index (χ3v) is 7.01. The third kappa shape index (κ3) is 4.44. The van der Waals surface area contributed by atoms with Crippen molar-refractivity contribution < 1.29 is 29.9 Å². The van der Waals surface area contributed by atoms with Crippen LogP contribution in [0.3, 0.4) is 0 Å². The molecule has 1 aromatic heterocycles. The Kier molecular flexibility index (Phi) is 6.59. The average Bonchev–Trinajstić information content (AvgIpc) is 3.25. The van der Waals surface area contributed by atoms with Crippen molar-refractivity contribution in [3.05, 3.63) is 58.3 Å². The molecule has 0 amide bonds. The van der Waals surface area contributed by atoms with Crippen molar-refractivity contribution in [1.82, 2.24) is 10.2 Å². The zero-order valence-corrected chi connectivity index (χ0v) is 19.3. The maximum absolute atomic E-state index is 10.4. The van der Waals surface area contributed by atoms with E-state index in [1.54, 1.807) is 0 Å². The number of nitrogens with zero attached hydrogens (tertiary/aromatic N) is 1. The molecule has 2 aromatic carbocycles. The fourth-order valence-electron chi connectivity index (χ4n) is 5.09. The standard InChI is InChI=1S/C26H32N2O6/c1-14-10-19-22(20(11-14)33-26-25(32)24(31)23(30)21(13-29)34-26)18(27-28-19)9-7-15-6-8-16-4-2-3-5-17(16)12-15/h6,8,10-12,21,23-26,29-32H,2-5,7,9,13H2,1H3,(H,27,28)/t21-,23-,24+,25-,26-/m1/s1. The molecule has 0 bridgehead atoms. The van der Waals surface area contributed by atoms with E-state index in [1.165, 1.54) is 36.0 Å². The molecule has 34 heavy (non-hydrogen) atoms. The van der Waals surface area contributed by atoms with Crippen LogP contribution in [0.2, 0.25) is 0 Å². The van der Waals surface area contributed by atoms with Crippen LogP contribution in [0.1, 0.15) is 40.8 Å². The predicted octanol–water partition coefficient (Wildman–Crippen LogP) is 1.71. The number of H-pyrrole nitrogens is 1. The molecule has 2 aliphatic rings. The van der Waals surface area contributed by atoms with Crippen molar-refractivity contribution in [1.29, 1.82) is 0 Å². The molecule has 1 saturated heterocycles. The van der Waals surface area contributed by atoms with Crippen LogP contribution in [-0.2, 0) is 30.4 Å². The highest BCUT2D eigenvalue weighted by atomic mass is 16.7. The van der Waals surface area contributed by atoms with Gasteiger partial charge in [-0.05, 0) is 79.8 Å². The molecule has 0 saturated carbocycles. The van der Waals surface area contributed by atoms with Gasteiger partial charge in [0.1, 0.15) is 30.2 Å². The van der Waals surface area contributed by atoms with Gasteiger partial charge in [0.2, 0.25) is 6.29 Å². The number of aliphatic hydroxyl groups is 4. The van der Waals surface area contributed by atoms with E-state index < -0.39 is 37.3 Å². The Hall–Kier alpha value is -2.49. The molecular formula is C26H32N2O6. The minimum atomic E-state index is -1.50. The van der Waals surface area contributed by atoms with Gasteiger partial charge < -0.3 is 29.9 Å². The summed E-state index contributed by atoms with van der Waals surface area (Å²) in [5.74, 6) is 0.466. The van der Waals surface area contributed by atoms with E-state index in [1.807, 2.05) is 19.1 Å². The third-order valence-electron chi connectivity index (χ3n) is 7.01. The molecule has 5 N–H and O–H groups in total. The van der Waals surface area contributed by atoms with Crippen LogP contribution >= 0.6 is 0 Å². The average molecular weight is 469 g/mol. The Labute approximate surface area is 198 Å². The van der Waals surface area contributed by atoms with Crippen molar-refractivity contribution in [3.63, 3.8) is 0 Å². The lowest BCUT2D eigenvalue weighted by molar-refractivity contribution is -0.277. The number of hydrogen-bond donors (Lipinski definition) is 5. The summed E-state index contributed by atoms with van der Waals surface area (Å²) >= 11 is 0. The monoisotopic (exact) mass is 468 g/mol. The highest BCUT2D eigenvalue weighted by molar-refractivity contribution is 5.88. The van der Waals surface area contributed by atoms with Crippen LogP contribution in [0.15, 0.2) is 30.3 Å². The van der Waals surface area contributed by atoms with Gasteiger partial charge >= 0.3 is 0 Å². The van der Waals surface area contributed by atoms with Crippen LogP contribution in [0.25, 0.3) is 10.9 Å². The Morgan fingerprint density at radius 2 is 1.79 bits per heavy atom. The van der Waals surface area contributed by atoms with Crippen molar-refractivity contribution in [2.75, 3.05) is 6.61 Å². The van der Waals surface area contributed by atoms with E-state index in [4.69, 9.17) is 9.47 Å². The number of hydrogen-bond acceptors (Lipinski definition) is 7. The van der Waals surface area contributed by atoms with Crippen molar-refractivity contribution >= 4 is 10.9 Å². The van der Waals surface area contributed by atoms with Gasteiger partial charge in [-0.25, -0.2) is 0 Å². The molecule has 1 aliphatic heterocycles. The Morgan fingerprint density at radius 3 is 2.59 bits per heavy atom. The first-order valence-electron chi connectivity index (χ1n) is 12.0. The number of ether oxygens (including phenoxy) is 2. The van der Waals surface area contributed by atoms with E-state index in [-0.39, 0.29) is 0 Å². The summed E-state index contributed by atoms with van der Waals surface area (Å²) in [6, 6.07) is 10.6. The van der Waals surface area contributed by atoms with Crippen LogP contribution in [0, 0.1) is 6.92 Å². The number of aromatic nitrogens is 2. The zero-order chi connectivity index (χ0) is 23.8. The summed E-state index contributed by atoms with van der Waals surface area (Å²) < 4.78 is 11.6. The molecule has 182 valence electrons. The second-order valence-electron chi connectivity index (χ2n) is 9.48.